The standard InChI is InChI=1S/C12H23NO5S/c1-18-12(15)8-5-9-19(16,17)13-10-6-3-2-4-7-11(10)14/h10-11,13-14H,2-9H2,1H3. The smallest absolute Gasteiger partial charge is 0.305 e. The van der Waals surface area contributed by atoms with Gasteiger partial charge in [-0.1, -0.05) is 19.3 Å². The minimum Gasteiger partial charge on any atom is -0.469 e. The molecule has 0 heterocycles. The van der Waals surface area contributed by atoms with Crippen LogP contribution in [0, 0.1) is 0 Å². The van der Waals surface area contributed by atoms with Crippen molar-refractivity contribution in [3.8, 4) is 0 Å². The first-order chi connectivity index (χ1) is 8.94. The molecule has 0 spiro atoms. The molecule has 0 bridgehead atoms. The predicted octanol–water partition coefficient (Wildman–Crippen LogP) is 0.553. The Morgan fingerprint density at radius 1 is 1.32 bits per heavy atom. The Morgan fingerprint density at radius 2 is 2.00 bits per heavy atom. The number of ether oxygens (including phenoxy) is 1. The Morgan fingerprint density at radius 3 is 2.68 bits per heavy atom. The van der Waals surface area contributed by atoms with Gasteiger partial charge in [-0.25, -0.2) is 13.1 Å². The minimum atomic E-state index is -3.45. The number of carbonyl (C=O) groups is 1. The number of rotatable bonds is 6. The molecule has 2 atom stereocenters. The van der Waals surface area contributed by atoms with Crippen molar-refractivity contribution in [1.82, 2.24) is 4.72 Å². The largest absolute Gasteiger partial charge is 0.469 e. The maximum atomic E-state index is 11.9. The Bertz CT molecular complexity index is 382. The zero-order valence-electron chi connectivity index (χ0n) is 11.3. The second-order valence-electron chi connectivity index (χ2n) is 4.93. The SMILES string of the molecule is COC(=O)CCCS(=O)(=O)NC1CCCCCC1O. The van der Waals surface area contributed by atoms with Crippen molar-refractivity contribution in [2.24, 2.45) is 0 Å². The summed E-state index contributed by atoms with van der Waals surface area (Å²) in [4.78, 5) is 10.9. The minimum absolute atomic E-state index is 0.0879. The van der Waals surface area contributed by atoms with E-state index in [1.54, 1.807) is 0 Å². The lowest BCUT2D eigenvalue weighted by atomic mass is 10.1. The number of methoxy groups -OCH3 is 1. The van der Waals surface area contributed by atoms with Crippen LogP contribution < -0.4 is 4.72 Å². The molecular formula is C12H23NO5S. The van der Waals surface area contributed by atoms with E-state index in [1.165, 1.54) is 7.11 Å². The number of sulfonamides is 1. The first kappa shape index (κ1) is 16.4. The van der Waals surface area contributed by atoms with Crippen LogP contribution in [0.5, 0.6) is 0 Å². The Kier molecular flexibility index (Phi) is 6.74. The average molecular weight is 293 g/mol. The molecule has 0 saturated heterocycles. The lowest BCUT2D eigenvalue weighted by Gasteiger charge is -2.21. The van der Waals surface area contributed by atoms with Crippen LogP contribution in [-0.2, 0) is 19.6 Å². The van der Waals surface area contributed by atoms with Gasteiger partial charge in [0.05, 0.1) is 19.0 Å². The highest BCUT2D eigenvalue weighted by molar-refractivity contribution is 7.89. The summed E-state index contributed by atoms with van der Waals surface area (Å²) in [6.45, 7) is 0. The van der Waals surface area contributed by atoms with E-state index in [2.05, 4.69) is 9.46 Å². The normalized spacial score (nSPS) is 24.7. The maximum Gasteiger partial charge on any atom is 0.305 e. The van der Waals surface area contributed by atoms with Gasteiger partial charge in [0, 0.05) is 12.5 Å². The zero-order chi connectivity index (χ0) is 14.3. The third-order valence-electron chi connectivity index (χ3n) is 3.33. The van der Waals surface area contributed by atoms with E-state index in [-0.39, 0.29) is 18.6 Å². The molecule has 19 heavy (non-hydrogen) atoms. The lowest BCUT2D eigenvalue weighted by molar-refractivity contribution is -0.140. The van der Waals surface area contributed by atoms with Crippen LogP contribution >= 0.6 is 0 Å². The van der Waals surface area contributed by atoms with E-state index in [1.807, 2.05) is 0 Å². The summed E-state index contributed by atoms with van der Waals surface area (Å²) in [6.07, 6.45) is 3.88. The van der Waals surface area contributed by atoms with Gasteiger partial charge in [0.15, 0.2) is 0 Å². The van der Waals surface area contributed by atoms with E-state index in [0.717, 1.165) is 19.3 Å². The first-order valence-electron chi connectivity index (χ1n) is 6.69. The van der Waals surface area contributed by atoms with Crippen LogP contribution in [0.15, 0.2) is 0 Å². The highest BCUT2D eigenvalue weighted by Gasteiger charge is 2.25. The van der Waals surface area contributed by atoms with Crippen molar-refractivity contribution in [3.05, 3.63) is 0 Å². The zero-order valence-corrected chi connectivity index (χ0v) is 12.1. The predicted molar refractivity (Wildman–Crippen MR) is 71.1 cm³/mol. The fourth-order valence-electron chi connectivity index (χ4n) is 2.22. The molecule has 112 valence electrons. The summed E-state index contributed by atoms with van der Waals surface area (Å²) in [6, 6.07) is -0.398. The van der Waals surface area contributed by atoms with E-state index in [9.17, 15) is 18.3 Å². The number of carbonyl (C=O) groups excluding carboxylic acids is 1. The van der Waals surface area contributed by atoms with E-state index >= 15 is 0 Å². The summed E-state index contributed by atoms with van der Waals surface area (Å²) in [5.41, 5.74) is 0. The number of esters is 1. The number of nitrogens with one attached hydrogen (secondary N) is 1. The molecule has 2 unspecified atom stereocenters. The van der Waals surface area contributed by atoms with Crippen LogP contribution in [0.25, 0.3) is 0 Å². The number of aliphatic hydroxyl groups excluding tert-OH is 1. The Hall–Kier alpha value is -0.660. The molecule has 0 aliphatic heterocycles. The van der Waals surface area contributed by atoms with Gasteiger partial charge in [0.2, 0.25) is 10.0 Å². The van der Waals surface area contributed by atoms with Crippen molar-refractivity contribution in [2.75, 3.05) is 12.9 Å². The molecule has 7 heteroatoms. The van der Waals surface area contributed by atoms with Gasteiger partial charge >= 0.3 is 5.97 Å². The fraction of sp³-hybridized carbons (Fsp3) is 0.917. The van der Waals surface area contributed by atoms with E-state index in [4.69, 9.17) is 0 Å². The van der Waals surface area contributed by atoms with Gasteiger partial charge in [0.25, 0.3) is 0 Å². The summed E-state index contributed by atoms with van der Waals surface area (Å²) < 4.78 is 30.7. The molecule has 0 aromatic heterocycles. The molecule has 1 fully saturated rings. The topological polar surface area (TPSA) is 92.7 Å². The first-order valence-corrected chi connectivity index (χ1v) is 8.35. The highest BCUT2D eigenvalue weighted by atomic mass is 32.2. The molecule has 0 aromatic rings. The summed E-state index contributed by atoms with van der Waals surface area (Å²) in [5, 5.41) is 9.86. The fourth-order valence-corrected chi connectivity index (χ4v) is 3.60. The van der Waals surface area contributed by atoms with Crippen molar-refractivity contribution < 1.29 is 23.1 Å². The third-order valence-corrected chi connectivity index (χ3v) is 4.82. The molecule has 1 aliphatic rings. The van der Waals surface area contributed by atoms with Crippen molar-refractivity contribution in [2.45, 2.75) is 57.1 Å². The molecule has 1 rings (SSSR count). The quantitative estimate of drug-likeness (QED) is 0.551. The third kappa shape index (κ3) is 6.35. The van der Waals surface area contributed by atoms with Gasteiger partial charge in [-0.05, 0) is 19.3 Å². The second-order valence-corrected chi connectivity index (χ2v) is 6.80. The van der Waals surface area contributed by atoms with Crippen molar-refractivity contribution in [3.63, 3.8) is 0 Å². The molecular weight excluding hydrogens is 270 g/mol. The summed E-state index contributed by atoms with van der Waals surface area (Å²) >= 11 is 0. The number of hydrogen-bond donors (Lipinski definition) is 2. The van der Waals surface area contributed by atoms with Crippen LogP contribution in [-0.4, -0.2) is 44.5 Å². The Labute approximate surface area is 114 Å². The van der Waals surface area contributed by atoms with E-state index in [0.29, 0.717) is 12.8 Å². The van der Waals surface area contributed by atoms with Gasteiger partial charge < -0.3 is 9.84 Å². The van der Waals surface area contributed by atoms with Crippen LogP contribution in [0.2, 0.25) is 0 Å². The van der Waals surface area contributed by atoms with Crippen LogP contribution in [0.3, 0.4) is 0 Å². The summed E-state index contributed by atoms with van der Waals surface area (Å²) in [7, 11) is -2.18. The van der Waals surface area contributed by atoms with Crippen molar-refractivity contribution in [1.29, 1.82) is 0 Å². The van der Waals surface area contributed by atoms with Gasteiger partial charge in [-0.2, -0.15) is 0 Å². The number of hydrogen-bond acceptors (Lipinski definition) is 5. The molecule has 6 nitrogen and oxygen atoms in total. The van der Waals surface area contributed by atoms with Crippen LogP contribution in [0.4, 0.5) is 0 Å². The monoisotopic (exact) mass is 293 g/mol. The average Bonchev–Trinajstić information content (AvgIpc) is 2.54. The highest BCUT2D eigenvalue weighted by Crippen LogP contribution is 2.18. The molecule has 2 N–H and O–H groups in total. The molecule has 0 amide bonds. The second kappa shape index (κ2) is 7.81. The lowest BCUT2D eigenvalue weighted by Crippen LogP contribution is -2.43. The van der Waals surface area contributed by atoms with Gasteiger partial charge in [-0.3, -0.25) is 4.79 Å². The van der Waals surface area contributed by atoms with Gasteiger partial charge in [-0.15, -0.1) is 0 Å². The van der Waals surface area contributed by atoms with E-state index < -0.39 is 28.1 Å². The molecule has 1 saturated carbocycles. The molecule has 0 aromatic carbocycles. The summed E-state index contributed by atoms with van der Waals surface area (Å²) in [5.74, 6) is -0.532. The van der Waals surface area contributed by atoms with Crippen LogP contribution in [0.1, 0.15) is 44.9 Å². The van der Waals surface area contributed by atoms with Crippen molar-refractivity contribution >= 4 is 16.0 Å². The Balaban J connectivity index is 2.42. The molecule has 1 aliphatic carbocycles. The molecule has 0 radical (unpaired) electrons. The van der Waals surface area contributed by atoms with Gasteiger partial charge in [0.1, 0.15) is 0 Å². The maximum absolute atomic E-state index is 11.9. The number of aliphatic hydroxyl groups is 1.